The fourth-order valence-corrected chi connectivity index (χ4v) is 4.62. The summed E-state index contributed by atoms with van der Waals surface area (Å²) >= 11 is 0. The largest absolute Gasteiger partial charge is 0.436 e. The summed E-state index contributed by atoms with van der Waals surface area (Å²) in [6.07, 6.45) is 2.89. The van der Waals surface area contributed by atoms with E-state index in [9.17, 15) is 9.59 Å². The van der Waals surface area contributed by atoms with Crippen LogP contribution in [0, 0.1) is 0 Å². The molecule has 1 N–H and O–H groups in total. The van der Waals surface area contributed by atoms with Crippen LogP contribution in [0.4, 0.5) is 0 Å². The summed E-state index contributed by atoms with van der Waals surface area (Å²) in [4.78, 5) is 31.8. The third-order valence-corrected chi connectivity index (χ3v) is 6.52. The number of nitrogens with one attached hydrogen (secondary N) is 1. The maximum Gasteiger partial charge on any atom is 0.253 e. The number of hydrogen-bond acceptors (Lipinski definition) is 4. The van der Waals surface area contributed by atoms with Crippen molar-refractivity contribution in [1.29, 1.82) is 0 Å². The van der Waals surface area contributed by atoms with Gasteiger partial charge in [-0.15, -0.1) is 0 Å². The Morgan fingerprint density at radius 3 is 2.47 bits per heavy atom. The molecule has 5 rings (SSSR count). The van der Waals surface area contributed by atoms with Crippen molar-refractivity contribution in [2.75, 3.05) is 7.05 Å². The number of hydrogen-bond donors (Lipinski definition) is 1. The fraction of sp³-hybridized carbons (Fsp3) is 0.250. The van der Waals surface area contributed by atoms with Crippen LogP contribution in [0.1, 0.15) is 35.2 Å². The maximum atomic E-state index is 13.1. The summed E-state index contributed by atoms with van der Waals surface area (Å²) in [6, 6.07) is 24.9. The normalized spacial score (nSPS) is 17.6. The molecule has 0 radical (unpaired) electrons. The number of amides is 2. The van der Waals surface area contributed by atoms with E-state index in [0.29, 0.717) is 17.9 Å². The Morgan fingerprint density at radius 1 is 0.971 bits per heavy atom. The molecule has 34 heavy (non-hydrogen) atoms. The number of fused-ring (bicyclic) bond motifs is 1. The standard InChI is InChI=1S/C28H27N3O3/c1-31(23-16-15-22(18-23)29-26(32)17-19-7-3-2-4-8-19)28(33)21-13-11-20(12-14-21)27-30-24-9-5-6-10-25(24)34-27/h2-14,22-23H,15-18H2,1H3,(H,29,32)/t22-,23?/m0/s1. The van der Waals surface area contributed by atoms with Gasteiger partial charge in [-0.25, -0.2) is 4.98 Å². The molecular formula is C28H27N3O3. The van der Waals surface area contributed by atoms with E-state index in [0.717, 1.165) is 41.5 Å². The van der Waals surface area contributed by atoms with Crippen LogP contribution >= 0.6 is 0 Å². The van der Waals surface area contributed by atoms with E-state index in [-0.39, 0.29) is 23.9 Å². The SMILES string of the molecule is CN(C(=O)c1ccc(-c2nc3ccccc3o2)cc1)C1CC[C@H](NC(=O)Cc2ccccc2)C1. The lowest BCUT2D eigenvalue weighted by atomic mass is 10.1. The monoisotopic (exact) mass is 453 g/mol. The van der Waals surface area contributed by atoms with Crippen molar-refractivity contribution in [3.63, 3.8) is 0 Å². The minimum absolute atomic E-state index is 0.0228. The lowest BCUT2D eigenvalue weighted by molar-refractivity contribution is -0.121. The first-order valence-corrected chi connectivity index (χ1v) is 11.6. The van der Waals surface area contributed by atoms with Gasteiger partial charge in [0.05, 0.1) is 6.42 Å². The second kappa shape index (κ2) is 9.51. The van der Waals surface area contributed by atoms with Crippen molar-refractivity contribution >= 4 is 22.9 Å². The first-order chi connectivity index (χ1) is 16.6. The van der Waals surface area contributed by atoms with Crippen LogP contribution in [-0.4, -0.2) is 40.8 Å². The Bertz CT molecular complexity index is 1260. The first-order valence-electron chi connectivity index (χ1n) is 11.6. The molecule has 6 nitrogen and oxygen atoms in total. The van der Waals surface area contributed by atoms with Gasteiger partial charge in [-0.3, -0.25) is 9.59 Å². The van der Waals surface area contributed by atoms with Crippen LogP contribution in [0.2, 0.25) is 0 Å². The maximum absolute atomic E-state index is 13.1. The molecule has 0 bridgehead atoms. The molecule has 3 aromatic carbocycles. The molecule has 6 heteroatoms. The highest BCUT2D eigenvalue weighted by molar-refractivity contribution is 5.94. The molecule has 1 aliphatic rings. The molecule has 1 saturated carbocycles. The zero-order valence-corrected chi connectivity index (χ0v) is 19.1. The second-order valence-corrected chi connectivity index (χ2v) is 8.87. The van der Waals surface area contributed by atoms with Gasteiger partial charge in [-0.1, -0.05) is 42.5 Å². The second-order valence-electron chi connectivity index (χ2n) is 8.87. The van der Waals surface area contributed by atoms with E-state index in [4.69, 9.17) is 4.42 Å². The molecule has 0 aliphatic heterocycles. The number of oxazole rings is 1. The molecule has 2 atom stereocenters. The molecular weight excluding hydrogens is 426 g/mol. The van der Waals surface area contributed by atoms with Gasteiger partial charge < -0.3 is 14.6 Å². The number of para-hydroxylation sites is 2. The van der Waals surface area contributed by atoms with E-state index in [1.54, 1.807) is 4.90 Å². The highest BCUT2D eigenvalue weighted by atomic mass is 16.3. The van der Waals surface area contributed by atoms with Crippen LogP contribution in [-0.2, 0) is 11.2 Å². The summed E-state index contributed by atoms with van der Waals surface area (Å²) in [7, 11) is 1.84. The molecule has 0 spiro atoms. The molecule has 2 amide bonds. The zero-order chi connectivity index (χ0) is 23.5. The molecule has 1 aromatic heterocycles. The quantitative estimate of drug-likeness (QED) is 0.453. The summed E-state index contributed by atoms with van der Waals surface area (Å²) in [6.45, 7) is 0. The van der Waals surface area contributed by atoms with E-state index in [2.05, 4.69) is 10.3 Å². The fourth-order valence-electron chi connectivity index (χ4n) is 4.62. The Kier molecular flexibility index (Phi) is 6.12. The van der Waals surface area contributed by atoms with Gasteiger partial charge in [-0.05, 0) is 61.2 Å². The smallest absolute Gasteiger partial charge is 0.253 e. The summed E-state index contributed by atoms with van der Waals surface area (Å²) in [5.74, 6) is 0.546. The minimum atomic E-state index is -0.0228. The molecule has 1 fully saturated rings. The van der Waals surface area contributed by atoms with Gasteiger partial charge in [0, 0.05) is 30.3 Å². The zero-order valence-electron chi connectivity index (χ0n) is 19.1. The van der Waals surface area contributed by atoms with Gasteiger partial charge in [0.2, 0.25) is 11.8 Å². The van der Waals surface area contributed by atoms with Gasteiger partial charge in [0.15, 0.2) is 5.58 Å². The summed E-state index contributed by atoms with van der Waals surface area (Å²) in [5.41, 5.74) is 4.01. The Morgan fingerprint density at radius 2 is 1.71 bits per heavy atom. The highest BCUT2D eigenvalue weighted by Gasteiger charge is 2.31. The third-order valence-electron chi connectivity index (χ3n) is 6.52. The lowest BCUT2D eigenvalue weighted by Crippen LogP contribution is -2.38. The molecule has 1 heterocycles. The molecule has 172 valence electrons. The predicted octanol–water partition coefficient (Wildman–Crippen LogP) is 4.85. The number of nitrogens with zero attached hydrogens (tertiary/aromatic N) is 2. The number of rotatable bonds is 6. The average molecular weight is 454 g/mol. The van der Waals surface area contributed by atoms with Gasteiger partial charge in [0.25, 0.3) is 5.91 Å². The van der Waals surface area contributed by atoms with Crippen molar-refractivity contribution in [3.8, 4) is 11.5 Å². The Hall–Kier alpha value is -3.93. The van der Waals surface area contributed by atoms with E-state index >= 15 is 0 Å². The average Bonchev–Trinajstić information content (AvgIpc) is 3.51. The van der Waals surface area contributed by atoms with E-state index in [1.165, 1.54) is 0 Å². The molecule has 0 saturated heterocycles. The van der Waals surface area contributed by atoms with Crippen molar-refractivity contribution < 1.29 is 14.0 Å². The van der Waals surface area contributed by atoms with Crippen molar-refractivity contribution in [3.05, 3.63) is 90.0 Å². The third kappa shape index (κ3) is 4.71. The summed E-state index contributed by atoms with van der Waals surface area (Å²) in [5, 5.41) is 3.13. The first kappa shape index (κ1) is 21.9. The van der Waals surface area contributed by atoms with Gasteiger partial charge in [0.1, 0.15) is 5.52 Å². The molecule has 4 aromatic rings. The number of benzene rings is 3. The van der Waals surface area contributed by atoms with E-state index in [1.807, 2.05) is 85.9 Å². The summed E-state index contributed by atoms with van der Waals surface area (Å²) < 4.78 is 5.82. The Balaban J connectivity index is 1.18. The van der Waals surface area contributed by atoms with Crippen LogP contribution in [0.25, 0.3) is 22.6 Å². The molecule has 1 unspecified atom stereocenters. The van der Waals surface area contributed by atoms with Gasteiger partial charge >= 0.3 is 0 Å². The minimum Gasteiger partial charge on any atom is -0.436 e. The van der Waals surface area contributed by atoms with Crippen molar-refractivity contribution in [2.45, 2.75) is 37.8 Å². The Labute approximate surface area is 198 Å². The number of aromatic nitrogens is 1. The molecule has 1 aliphatic carbocycles. The number of carbonyl (C=O) groups is 2. The van der Waals surface area contributed by atoms with Crippen LogP contribution in [0.5, 0.6) is 0 Å². The van der Waals surface area contributed by atoms with Crippen LogP contribution in [0.3, 0.4) is 0 Å². The van der Waals surface area contributed by atoms with Crippen molar-refractivity contribution in [2.24, 2.45) is 0 Å². The predicted molar refractivity (Wildman–Crippen MR) is 131 cm³/mol. The van der Waals surface area contributed by atoms with Gasteiger partial charge in [-0.2, -0.15) is 0 Å². The lowest BCUT2D eigenvalue weighted by Gasteiger charge is -2.25. The highest BCUT2D eigenvalue weighted by Crippen LogP contribution is 2.27. The number of carbonyl (C=O) groups excluding carboxylic acids is 2. The van der Waals surface area contributed by atoms with Crippen LogP contribution in [0.15, 0.2) is 83.3 Å². The van der Waals surface area contributed by atoms with Crippen molar-refractivity contribution in [1.82, 2.24) is 15.2 Å². The topological polar surface area (TPSA) is 75.4 Å². The van der Waals surface area contributed by atoms with Crippen LogP contribution < -0.4 is 5.32 Å². The van der Waals surface area contributed by atoms with E-state index < -0.39 is 0 Å².